The van der Waals surface area contributed by atoms with Crippen molar-refractivity contribution in [2.45, 2.75) is 56.8 Å². The number of amides is 3. The molecule has 0 bridgehead atoms. The molecule has 0 saturated heterocycles. The van der Waals surface area contributed by atoms with Crippen LogP contribution in [0.1, 0.15) is 31.7 Å². The smallest absolute Gasteiger partial charge is 0.326 e. The summed E-state index contributed by atoms with van der Waals surface area (Å²) < 4.78 is 0. The highest BCUT2D eigenvalue weighted by molar-refractivity contribution is 7.98. The number of rotatable bonds is 15. The number of para-hydroxylation sites is 1. The van der Waals surface area contributed by atoms with Gasteiger partial charge in [-0.1, -0.05) is 18.2 Å². The zero-order valence-corrected chi connectivity index (χ0v) is 21.5. The first-order chi connectivity index (χ1) is 17.5. The number of carbonyl (C=O) groups excluding carboxylic acids is 3. The molecular weight excluding hydrogens is 502 g/mol. The van der Waals surface area contributed by atoms with Crippen molar-refractivity contribution < 1.29 is 34.2 Å². The summed E-state index contributed by atoms with van der Waals surface area (Å²) in [6.07, 6.45) is 3.05. The molecule has 4 atom stereocenters. The quantitative estimate of drug-likeness (QED) is 0.166. The third kappa shape index (κ3) is 9.10. The lowest BCUT2D eigenvalue weighted by molar-refractivity contribution is -0.143. The maximum atomic E-state index is 13.2. The van der Waals surface area contributed by atoms with Gasteiger partial charge in [0.1, 0.15) is 18.1 Å². The maximum Gasteiger partial charge on any atom is 0.326 e. The van der Waals surface area contributed by atoms with E-state index < -0.39 is 60.2 Å². The second-order valence-electron chi connectivity index (χ2n) is 8.59. The van der Waals surface area contributed by atoms with E-state index >= 15 is 0 Å². The van der Waals surface area contributed by atoms with Gasteiger partial charge in [-0.3, -0.25) is 19.2 Å². The van der Waals surface area contributed by atoms with Gasteiger partial charge in [0, 0.05) is 29.9 Å². The molecule has 3 amide bonds. The summed E-state index contributed by atoms with van der Waals surface area (Å²) in [6.45, 7) is 1.48. The van der Waals surface area contributed by atoms with E-state index in [9.17, 15) is 29.1 Å². The number of fused-ring (bicyclic) bond motifs is 1. The van der Waals surface area contributed by atoms with Crippen LogP contribution in [0.2, 0.25) is 0 Å². The van der Waals surface area contributed by atoms with Crippen LogP contribution < -0.4 is 21.7 Å². The predicted octanol–water partition coefficient (Wildman–Crippen LogP) is 0.215. The maximum absolute atomic E-state index is 13.2. The standard InChI is InChI=1S/C24H33N5O7S/c1-13(25)21(32)27-17(9-10-37-2)22(33)29-19(11-14-12-26-16-6-4-3-5-15(14)16)23(34)28-18(24(35)36)7-8-20(30)31/h3-6,12-13,17-19,26H,7-11,25H2,1-2H3,(H,27,32)(H,28,34)(H,29,33)(H,30,31)(H,35,36). The molecule has 0 radical (unpaired) electrons. The van der Waals surface area contributed by atoms with Crippen LogP contribution in [-0.2, 0) is 30.4 Å². The number of carbonyl (C=O) groups is 5. The molecule has 1 aromatic carbocycles. The van der Waals surface area contributed by atoms with E-state index in [1.54, 1.807) is 6.20 Å². The third-order valence-electron chi connectivity index (χ3n) is 5.65. The number of hydrogen-bond donors (Lipinski definition) is 7. The van der Waals surface area contributed by atoms with Crippen molar-refractivity contribution in [3.63, 3.8) is 0 Å². The molecule has 0 fully saturated rings. The summed E-state index contributed by atoms with van der Waals surface area (Å²) in [5.74, 6) is -4.00. The fourth-order valence-electron chi connectivity index (χ4n) is 3.61. The summed E-state index contributed by atoms with van der Waals surface area (Å²) in [5, 5.41) is 26.8. The highest BCUT2D eigenvalue weighted by atomic mass is 32.2. The fourth-order valence-corrected chi connectivity index (χ4v) is 4.08. The van der Waals surface area contributed by atoms with Crippen LogP contribution in [0.3, 0.4) is 0 Å². The first-order valence-corrected chi connectivity index (χ1v) is 13.1. The predicted molar refractivity (Wildman–Crippen MR) is 139 cm³/mol. The van der Waals surface area contributed by atoms with Crippen LogP contribution in [0.25, 0.3) is 10.9 Å². The molecule has 1 heterocycles. The molecule has 37 heavy (non-hydrogen) atoms. The normalized spacial score (nSPS) is 14.2. The Labute approximate surface area is 218 Å². The van der Waals surface area contributed by atoms with Crippen LogP contribution in [-0.4, -0.2) is 81.0 Å². The first kappa shape index (κ1) is 29.6. The number of nitrogens with two attached hydrogens (primary N) is 1. The van der Waals surface area contributed by atoms with E-state index in [1.165, 1.54) is 18.7 Å². The summed E-state index contributed by atoms with van der Waals surface area (Å²) in [7, 11) is 0. The Morgan fingerprint density at radius 1 is 0.946 bits per heavy atom. The summed E-state index contributed by atoms with van der Waals surface area (Å²) in [4.78, 5) is 64.2. The van der Waals surface area contributed by atoms with Crippen LogP contribution >= 0.6 is 11.8 Å². The van der Waals surface area contributed by atoms with E-state index in [1.807, 2.05) is 30.5 Å². The molecule has 12 nitrogen and oxygen atoms in total. The highest BCUT2D eigenvalue weighted by Crippen LogP contribution is 2.19. The average molecular weight is 536 g/mol. The van der Waals surface area contributed by atoms with E-state index in [0.717, 1.165) is 10.9 Å². The van der Waals surface area contributed by atoms with Gasteiger partial charge in [-0.2, -0.15) is 11.8 Å². The number of nitrogens with one attached hydrogen (secondary N) is 4. The highest BCUT2D eigenvalue weighted by Gasteiger charge is 2.30. The Morgan fingerprint density at radius 2 is 1.57 bits per heavy atom. The summed E-state index contributed by atoms with van der Waals surface area (Å²) in [6, 6.07) is 2.87. The van der Waals surface area contributed by atoms with Crippen LogP contribution in [0.15, 0.2) is 30.5 Å². The molecule has 2 rings (SSSR count). The molecule has 0 aliphatic carbocycles. The lowest BCUT2D eigenvalue weighted by atomic mass is 10.0. The molecule has 8 N–H and O–H groups in total. The molecule has 0 saturated carbocycles. The molecule has 0 aliphatic rings. The number of aromatic nitrogens is 1. The van der Waals surface area contributed by atoms with Gasteiger partial charge in [0.15, 0.2) is 0 Å². The van der Waals surface area contributed by atoms with Gasteiger partial charge in [0.2, 0.25) is 17.7 Å². The van der Waals surface area contributed by atoms with E-state index in [4.69, 9.17) is 10.8 Å². The number of hydrogen-bond acceptors (Lipinski definition) is 7. The number of H-pyrrole nitrogens is 1. The molecule has 13 heteroatoms. The zero-order chi connectivity index (χ0) is 27.5. The van der Waals surface area contributed by atoms with Crippen molar-refractivity contribution in [2.24, 2.45) is 5.73 Å². The Kier molecular flexibility index (Phi) is 11.4. The van der Waals surface area contributed by atoms with E-state index in [2.05, 4.69) is 20.9 Å². The molecule has 1 aromatic heterocycles. The molecule has 0 spiro atoms. The number of carboxylic acid groups (broad SMARTS) is 2. The van der Waals surface area contributed by atoms with Crippen LogP contribution in [0.5, 0.6) is 0 Å². The molecule has 0 aliphatic heterocycles. The lowest BCUT2D eigenvalue weighted by Crippen LogP contribution is -2.57. The van der Waals surface area contributed by atoms with Crippen molar-refractivity contribution in [3.8, 4) is 0 Å². The van der Waals surface area contributed by atoms with Gasteiger partial charge in [0.25, 0.3) is 0 Å². The fraction of sp³-hybridized carbons (Fsp3) is 0.458. The van der Waals surface area contributed by atoms with Crippen LogP contribution in [0, 0.1) is 0 Å². The van der Waals surface area contributed by atoms with E-state index in [0.29, 0.717) is 11.3 Å². The van der Waals surface area contributed by atoms with Gasteiger partial charge in [0.05, 0.1) is 6.04 Å². The molecule has 4 unspecified atom stereocenters. The second kappa shape index (κ2) is 14.2. The molecule has 202 valence electrons. The number of aliphatic carboxylic acids is 2. The van der Waals surface area contributed by atoms with E-state index in [-0.39, 0.29) is 19.3 Å². The van der Waals surface area contributed by atoms with Gasteiger partial charge in [-0.05, 0) is 43.4 Å². The Bertz CT molecular complexity index is 1120. The Morgan fingerprint density at radius 3 is 2.19 bits per heavy atom. The third-order valence-corrected chi connectivity index (χ3v) is 6.29. The minimum atomic E-state index is -1.46. The van der Waals surface area contributed by atoms with Crippen LogP contribution in [0.4, 0.5) is 0 Å². The minimum absolute atomic E-state index is 0.0172. The lowest BCUT2D eigenvalue weighted by Gasteiger charge is -2.25. The Balaban J connectivity index is 2.31. The number of thioether (sulfide) groups is 1. The van der Waals surface area contributed by atoms with Gasteiger partial charge >= 0.3 is 11.9 Å². The summed E-state index contributed by atoms with van der Waals surface area (Å²) >= 11 is 1.47. The number of benzene rings is 1. The largest absolute Gasteiger partial charge is 0.481 e. The molecular formula is C24H33N5O7S. The summed E-state index contributed by atoms with van der Waals surface area (Å²) in [5.41, 5.74) is 7.14. The molecule has 2 aromatic rings. The van der Waals surface area contributed by atoms with Gasteiger partial charge in [-0.25, -0.2) is 4.79 Å². The topological polar surface area (TPSA) is 204 Å². The minimum Gasteiger partial charge on any atom is -0.481 e. The monoisotopic (exact) mass is 535 g/mol. The van der Waals surface area contributed by atoms with Gasteiger partial charge < -0.3 is 36.9 Å². The van der Waals surface area contributed by atoms with Crippen molar-refractivity contribution in [1.29, 1.82) is 0 Å². The van der Waals surface area contributed by atoms with Crippen molar-refractivity contribution >= 4 is 52.3 Å². The zero-order valence-electron chi connectivity index (χ0n) is 20.7. The van der Waals surface area contributed by atoms with Crippen molar-refractivity contribution in [2.75, 3.05) is 12.0 Å². The Hall–Kier alpha value is -3.58. The van der Waals surface area contributed by atoms with Crippen molar-refractivity contribution in [3.05, 3.63) is 36.0 Å². The second-order valence-corrected chi connectivity index (χ2v) is 9.57. The SMILES string of the molecule is CSCCC(NC(=O)C(C)N)C(=O)NC(Cc1c[nH]c2ccccc12)C(=O)NC(CCC(=O)O)C(=O)O. The van der Waals surface area contributed by atoms with Crippen molar-refractivity contribution in [1.82, 2.24) is 20.9 Å². The number of carboxylic acids is 2. The average Bonchev–Trinajstić information content (AvgIpc) is 3.25. The van der Waals surface area contributed by atoms with Gasteiger partial charge in [-0.15, -0.1) is 0 Å². The number of aromatic amines is 1. The first-order valence-electron chi connectivity index (χ1n) is 11.7.